The topological polar surface area (TPSA) is 179 Å². The minimum absolute atomic E-state index is 0.0202. The largest absolute Gasteiger partial charge is 0.399 e. The predicted molar refractivity (Wildman–Crippen MR) is 68.1 cm³/mol. The average Bonchev–Trinajstić information content (AvgIpc) is 2.25. The van der Waals surface area contributed by atoms with Crippen molar-refractivity contribution in [3.05, 3.63) is 23.8 Å². The van der Waals surface area contributed by atoms with Crippen LogP contribution in [0, 0.1) is 0 Å². The van der Waals surface area contributed by atoms with Gasteiger partial charge in [0.05, 0.1) is 0 Å². The van der Waals surface area contributed by atoms with Crippen molar-refractivity contribution >= 4 is 32.2 Å². The number of hydrogen-bond donors (Lipinski definition) is 4. The summed E-state index contributed by atoms with van der Waals surface area (Å²) in [4.78, 5) is 0. The van der Waals surface area contributed by atoms with Crippen LogP contribution in [0.25, 0.3) is 0 Å². The predicted octanol–water partition coefficient (Wildman–Crippen LogP) is -0.469. The first-order valence-corrected chi connectivity index (χ1v) is 7.63. The molecule has 0 saturated carbocycles. The van der Waals surface area contributed by atoms with E-state index in [0.29, 0.717) is 0 Å². The summed E-state index contributed by atoms with van der Waals surface area (Å²) in [5.41, 5.74) is 11.2. The highest BCUT2D eigenvalue weighted by Crippen LogP contribution is 2.27. The van der Waals surface area contributed by atoms with E-state index in [1.54, 1.807) is 0 Å². The van der Waals surface area contributed by atoms with Gasteiger partial charge in [0, 0.05) is 16.9 Å². The van der Waals surface area contributed by atoms with Crippen LogP contribution in [0.15, 0.2) is 18.2 Å². The zero-order chi connectivity index (χ0) is 15.6. The molecule has 0 aliphatic heterocycles. The lowest BCUT2D eigenvalue weighted by Gasteiger charge is -2.17. The van der Waals surface area contributed by atoms with Crippen LogP contribution in [0.2, 0.25) is 0 Å². The maximum atomic E-state index is 10.7. The van der Waals surface area contributed by atoms with Gasteiger partial charge in [0.1, 0.15) is 12.7 Å². The molecule has 0 aliphatic carbocycles. The number of anilines is 2. The molecule has 114 valence electrons. The Bertz CT molecular complexity index is 684. The van der Waals surface area contributed by atoms with Crippen molar-refractivity contribution in [1.29, 1.82) is 0 Å². The van der Waals surface area contributed by atoms with Crippen molar-refractivity contribution in [2.45, 2.75) is 6.10 Å². The number of hydrogen-bond acceptors (Lipinski definition) is 8. The molecule has 1 atom stereocenters. The quantitative estimate of drug-likeness (QED) is 0.394. The fourth-order valence-corrected chi connectivity index (χ4v) is 2.08. The van der Waals surface area contributed by atoms with Crippen LogP contribution >= 0.6 is 0 Å². The molecule has 0 saturated heterocycles. The van der Waals surface area contributed by atoms with Crippen LogP contribution in [0.4, 0.5) is 11.4 Å². The Morgan fingerprint density at radius 3 is 2.20 bits per heavy atom. The molecule has 6 N–H and O–H groups in total. The van der Waals surface area contributed by atoms with Crippen molar-refractivity contribution in [2.24, 2.45) is 0 Å². The van der Waals surface area contributed by atoms with Gasteiger partial charge < -0.3 is 11.5 Å². The van der Waals surface area contributed by atoms with Gasteiger partial charge in [-0.2, -0.15) is 16.8 Å². The SMILES string of the molecule is Nc1ccc(N)c(C(COS(=O)(=O)O)OS(=O)(=O)O)c1. The summed E-state index contributed by atoms with van der Waals surface area (Å²) in [5, 5.41) is 0. The Morgan fingerprint density at radius 1 is 1.10 bits per heavy atom. The molecule has 0 bridgehead atoms. The molecule has 12 heteroatoms. The van der Waals surface area contributed by atoms with E-state index in [9.17, 15) is 16.8 Å². The normalized spacial score (nSPS) is 14.1. The summed E-state index contributed by atoms with van der Waals surface area (Å²) in [6.45, 7) is -0.938. The number of nitrogens with two attached hydrogens (primary N) is 2. The summed E-state index contributed by atoms with van der Waals surface area (Å²) in [7, 11) is -9.76. The molecule has 0 radical (unpaired) electrons. The van der Waals surface area contributed by atoms with Gasteiger partial charge in [-0.3, -0.25) is 9.11 Å². The van der Waals surface area contributed by atoms with E-state index >= 15 is 0 Å². The van der Waals surface area contributed by atoms with Crippen LogP contribution in [0.5, 0.6) is 0 Å². The van der Waals surface area contributed by atoms with Gasteiger partial charge in [-0.15, -0.1) is 0 Å². The standard InChI is InChI=1S/C8H12N2O8S2/c9-5-1-2-7(10)6(3-5)8(18-20(14,15)16)4-17-19(11,12)13/h1-3,8H,4,9-10H2,(H,11,12,13)(H,14,15,16). The van der Waals surface area contributed by atoms with E-state index in [2.05, 4.69) is 8.37 Å². The summed E-state index contributed by atoms with van der Waals surface area (Å²) in [6.07, 6.45) is -1.62. The van der Waals surface area contributed by atoms with Crippen molar-refractivity contribution in [3.63, 3.8) is 0 Å². The van der Waals surface area contributed by atoms with E-state index in [1.165, 1.54) is 18.2 Å². The molecule has 1 unspecified atom stereocenters. The zero-order valence-electron chi connectivity index (χ0n) is 9.83. The maximum Gasteiger partial charge on any atom is 0.398 e. The molecule has 1 aromatic carbocycles. The van der Waals surface area contributed by atoms with Gasteiger partial charge in [0.2, 0.25) is 0 Å². The second-order valence-corrected chi connectivity index (χ2v) is 5.75. The van der Waals surface area contributed by atoms with Crippen LogP contribution in [-0.4, -0.2) is 32.5 Å². The van der Waals surface area contributed by atoms with Gasteiger partial charge >= 0.3 is 20.8 Å². The molecule has 1 rings (SSSR count). The van der Waals surface area contributed by atoms with Crippen molar-refractivity contribution in [3.8, 4) is 0 Å². The van der Waals surface area contributed by atoms with Gasteiger partial charge in [-0.1, -0.05) is 0 Å². The molecule has 0 aliphatic rings. The third-order valence-electron chi connectivity index (χ3n) is 2.06. The molecule has 0 amide bonds. The van der Waals surface area contributed by atoms with E-state index in [0.717, 1.165) is 0 Å². The Kier molecular flexibility index (Phi) is 4.90. The third kappa shape index (κ3) is 5.68. The van der Waals surface area contributed by atoms with Crippen LogP contribution < -0.4 is 11.5 Å². The fraction of sp³-hybridized carbons (Fsp3) is 0.250. The van der Waals surface area contributed by atoms with Gasteiger partial charge in [-0.05, 0) is 18.2 Å². The molecular weight excluding hydrogens is 316 g/mol. The van der Waals surface area contributed by atoms with Crippen molar-refractivity contribution in [2.75, 3.05) is 18.1 Å². The molecule has 20 heavy (non-hydrogen) atoms. The van der Waals surface area contributed by atoms with E-state index in [1.807, 2.05) is 0 Å². The average molecular weight is 328 g/mol. The highest BCUT2D eigenvalue weighted by Gasteiger charge is 2.24. The van der Waals surface area contributed by atoms with Gasteiger partial charge in [-0.25, -0.2) is 8.37 Å². The smallest absolute Gasteiger partial charge is 0.398 e. The van der Waals surface area contributed by atoms with Crippen molar-refractivity contribution < 1.29 is 34.3 Å². The summed E-state index contributed by atoms with van der Waals surface area (Å²) in [6, 6.07) is 3.93. The first-order chi connectivity index (χ1) is 8.98. The lowest BCUT2D eigenvalue weighted by molar-refractivity contribution is 0.116. The van der Waals surface area contributed by atoms with Crippen LogP contribution in [0.3, 0.4) is 0 Å². The first kappa shape index (κ1) is 16.6. The first-order valence-electron chi connectivity index (χ1n) is 4.90. The Balaban J connectivity index is 3.12. The Labute approximate surface area is 115 Å². The lowest BCUT2D eigenvalue weighted by Crippen LogP contribution is -2.19. The summed E-state index contributed by atoms with van der Waals surface area (Å²) in [5.74, 6) is 0. The van der Waals surface area contributed by atoms with E-state index in [-0.39, 0.29) is 16.9 Å². The van der Waals surface area contributed by atoms with Gasteiger partial charge in [0.25, 0.3) is 0 Å². The molecular formula is C8H12N2O8S2. The van der Waals surface area contributed by atoms with E-state index in [4.69, 9.17) is 20.6 Å². The molecule has 0 spiro atoms. The summed E-state index contributed by atoms with van der Waals surface area (Å²) >= 11 is 0. The molecule has 10 nitrogen and oxygen atoms in total. The minimum atomic E-state index is -4.92. The Morgan fingerprint density at radius 2 is 1.70 bits per heavy atom. The lowest BCUT2D eigenvalue weighted by atomic mass is 10.1. The fourth-order valence-electron chi connectivity index (χ4n) is 1.34. The number of nitrogen functional groups attached to an aromatic ring is 2. The number of benzene rings is 1. The Hall–Kier alpha value is -1.44. The van der Waals surface area contributed by atoms with E-state index < -0.39 is 33.5 Å². The zero-order valence-corrected chi connectivity index (χ0v) is 11.5. The molecule has 0 fully saturated rings. The van der Waals surface area contributed by atoms with Crippen LogP contribution in [0.1, 0.15) is 11.7 Å². The molecule has 1 aromatic rings. The third-order valence-corrected chi connectivity index (χ3v) is 2.97. The molecule has 0 aromatic heterocycles. The van der Waals surface area contributed by atoms with Gasteiger partial charge in [0.15, 0.2) is 0 Å². The number of rotatable bonds is 6. The maximum absolute atomic E-state index is 10.7. The van der Waals surface area contributed by atoms with Crippen molar-refractivity contribution in [1.82, 2.24) is 0 Å². The monoisotopic (exact) mass is 328 g/mol. The molecule has 0 heterocycles. The second-order valence-electron chi connectivity index (χ2n) is 3.61. The summed E-state index contributed by atoms with van der Waals surface area (Å²) < 4.78 is 67.8. The van der Waals surface area contributed by atoms with Crippen LogP contribution in [-0.2, 0) is 29.2 Å². The minimum Gasteiger partial charge on any atom is -0.399 e. The second kappa shape index (κ2) is 5.90. The highest BCUT2D eigenvalue weighted by molar-refractivity contribution is 7.81. The highest BCUT2D eigenvalue weighted by atomic mass is 32.3.